The summed E-state index contributed by atoms with van der Waals surface area (Å²) < 4.78 is 34.8. The minimum Gasteiger partial charge on any atom is -0.368 e. The van der Waals surface area contributed by atoms with Gasteiger partial charge in [0.25, 0.3) is 10.0 Å². The third-order valence-electron chi connectivity index (χ3n) is 4.55. The molecule has 6 nitrogen and oxygen atoms in total. The Hall–Kier alpha value is -2.22. The molecule has 2 aliphatic heterocycles. The Bertz CT molecular complexity index is 928. The average Bonchev–Trinajstić information content (AvgIpc) is 2.61. The summed E-state index contributed by atoms with van der Waals surface area (Å²) in [4.78, 5) is 2.41. The van der Waals surface area contributed by atoms with Crippen molar-refractivity contribution in [1.82, 2.24) is 4.90 Å². The molecule has 0 bridgehead atoms. The zero-order valence-electron chi connectivity index (χ0n) is 14.5. The van der Waals surface area contributed by atoms with Gasteiger partial charge in [0.1, 0.15) is 10.7 Å². The van der Waals surface area contributed by atoms with E-state index in [9.17, 15) is 8.42 Å². The van der Waals surface area contributed by atoms with Gasteiger partial charge in [-0.25, -0.2) is 0 Å². The number of para-hydroxylation sites is 1. The van der Waals surface area contributed by atoms with Crippen LogP contribution in [-0.4, -0.2) is 44.9 Å². The van der Waals surface area contributed by atoms with E-state index in [0.717, 1.165) is 12.1 Å². The molecular weight excluding hydrogens is 350 g/mol. The van der Waals surface area contributed by atoms with Gasteiger partial charge in [-0.05, 0) is 24.6 Å². The second-order valence-electron chi connectivity index (χ2n) is 6.67. The number of hydrogen-bond donors (Lipinski definition) is 1. The minimum absolute atomic E-state index is 0.0342. The fraction of sp³-hybridized carbons (Fsp3) is 0.316. The van der Waals surface area contributed by atoms with Crippen molar-refractivity contribution in [1.29, 1.82) is 0 Å². The summed E-state index contributed by atoms with van der Waals surface area (Å²) in [5.74, 6) is 0.449. The SMILES string of the molecule is CC1CN(CC2=NS(=O)(=O)c3ccccc3N2)CC(c2ccccc2)O1. The Morgan fingerprint density at radius 1 is 1.12 bits per heavy atom. The molecule has 2 atom stereocenters. The molecule has 136 valence electrons. The molecule has 0 radical (unpaired) electrons. The normalized spacial score (nSPS) is 25.0. The fourth-order valence-corrected chi connectivity index (χ4v) is 4.61. The van der Waals surface area contributed by atoms with Gasteiger partial charge in [0.2, 0.25) is 0 Å². The lowest BCUT2D eigenvalue weighted by atomic mass is 10.1. The maximum absolute atomic E-state index is 12.4. The molecule has 2 unspecified atom stereocenters. The number of sulfonamides is 1. The summed E-state index contributed by atoms with van der Waals surface area (Å²) >= 11 is 0. The highest BCUT2D eigenvalue weighted by Crippen LogP contribution is 2.28. The number of morpholine rings is 1. The molecule has 0 spiro atoms. The second-order valence-corrected chi connectivity index (χ2v) is 8.25. The van der Waals surface area contributed by atoms with Crippen molar-refractivity contribution in [2.75, 3.05) is 25.0 Å². The Balaban J connectivity index is 1.53. The van der Waals surface area contributed by atoms with Crippen molar-refractivity contribution in [2.24, 2.45) is 4.40 Å². The first kappa shape index (κ1) is 17.2. The van der Waals surface area contributed by atoms with E-state index in [1.807, 2.05) is 31.2 Å². The highest BCUT2D eigenvalue weighted by atomic mass is 32.2. The molecule has 26 heavy (non-hydrogen) atoms. The number of hydrogen-bond acceptors (Lipinski definition) is 5. The number of fused-ring (bicyclic) bond motifs is 1. The largest absolute Gasteiger partial charge is 0.368 e. The lowest BCUT2D eigenvalue weighted by molar-refractivity contribution is -0.0746. The molecule has 1 saturated heterocycles. The number of benzene rings is 2. The Kier molecular flexibility index (Phi) is 4.52. The second kappa shape index (κ2) is 6.83. The molecule has 0 saturated carbocycles. The van der Waals surface area contributed by atoms with E-state index >= 15 is 0 Å². The van der Waals surface area contributed by atoms with Crippen molar-refractivity contribution in [3.05, 3.63) is 60.2 Å². The fourth-order valence-electron chi connectivity index (χ4n) is 3.47. The molecular formula is C19H21N3O3S. The standard InChI is InChI=1S/C19H21N3O3S/c1-14-11-22(12-17(25-14)15-7-3-2-4-8-15)13-19-20-16-9-5-6-10-18(16)26(23,24)21-19/h2-10,14,17H,11-13H2,1H3,(H,20,21). The number of nitrogens with zero attached hydrogens (tertiary/aromatic N) is 2. The summed E-state index contributed by atoms with van der Waals surface area (Å²) in [5, 5.41) is 3.16. The molecule has 2 aromatic carbocycles. The average molecular weight is 371 g/mol. The van der Waals surface area contributed by atoms with Crippen molar-refractivity contribution in [2.45, 2.75) is 24.0 Å². The number of rotatable bonds is 3. The van der Waals surface area contributed by atoms with Gasteiger partial charge < -0.3 is 10.1 Å². The first-order valence-corrected chi connectivity index (χ1v) is 10.1. The van der Waals surface area contributed by atoms with E-state index in [4.69, 9.17) is 4.74 Å². The van der Waals surface area contributed by atoms with Crippen LogP contribution in [0.1, 0.15) is 18.6 Å². The van der Waals surface area contributed by atoms with E-state index in [-0.39, 0.29) is 17.1 Å². The van der Waals surface area contributed by atoms with Gasteiger partial charge in [-0.15, -0.1) is 4.40 Å². The number of amidine groups is 1. The van der Waals surface area contributed by atoms with Crippen molar-refractivity contribution in [3.63, 3.8) is 0 Å². The monoisotopic (exact) mass is 371 g/mol. The number of anilines is 1. The highest BCUT2D eigenvalue weighted by molar-refractivity contribution is 7.90. The number of ether oxygens (including phenoxy) is 1. The van der Waals surface area contributed by atoms with Crippen LogP contribution in [0.2, 0.25) is 0 Å². The van der Waals surface area contributed by atoms with Gasteiger partial charge in [-0.2, -0.15) is 8.42 Å². The molecule has 1 fully saturated rings. The van der Waals surface area contributed by atoms with Gasteiger partial charge >= 0.3 is 0 Å². The molecule has 0 aliphatic carbocycles. The summed E-state index contributed by atoms with van der Waals surface area (Å²) in [6.07, 6.45) is 0.0232. The quantitative estimate of drug-likeness (QED) is 0.898. The third-order valence-corrected chi connectivity index (χ3v) is 5.93. The van der Waals surface area contributed by atoms with Crippen LogP contribution in [0.4, 0.5) is 5.69 Å². The summed E-state index contributed by atoms with van der Waals surface area (Å²) in [6, 6.07) is 16.9. The van der Waals surface area contributed by atoms with Gasteiger partial charge in [0.05, 0.1) is 24.4 Å². The van der Waals surface area contributed by atoms with Crippen molar-refractivity contribution in [3.8, 4) is 0 Å². The van der Waals surface area contributed by atoms with Crippen LogP contribution in [-0.2, 0) is 14.8 Å². The van der Waals surface area contributed by atoms with E-state index in [1.165, 1.54) is 0 Å². The molecule has 7 heteroatoms. The van der Waals surface area contributed by atoms with Crippen LogP contribution >= 0.6 is 0 Å². The minimum atomic E-state index is -3.65. The zero-order valence-corrected chi connectivity index (χ0v) is 15.3. The lowest BCUT2D eigenvalue weighted by Gasteiger charge is -2.37. The smallest absolute Gasteiger partial charge is 0.286 e. The Morgan fingerprint density at radius 3 is 2.65 bits per heavy atom. The third kappa shape index (κ3) is 3.51. The molecule has 0 amide bonds. The van der Waals surface area contributed by atoms with E-state index in [0.29, 0.717) is 24.6 Å². The van der Waals surface area contributed by atoms with E-state index in [2.05, 4.69) is 26.7 Å². The summed E-state index contributed by atoms with van der Waals surface area (Å²) in [6.45, 7) is 3.89. The topological polar surface area (TPSA) is 71.0 Å². The van der Waals surface area contributed by atoms with Crippen molar-refractivity contribution >= 4 is 21.5 Å². The van der Waals surface area contributed by atoms with Crippen molar-refractivity contribution < 1.29 is 13.2 Å². The summed E-state index contributed by atoms with van der Waals surface area (Å²) in [7, 11) is -3.65. The van der Waals surface area contributed by atoms with Crippen LogP contribution in [0.5, 0.6) is 0 Å². The first-order valence-electron chi connectivity index (χ1n) is 8.64. The Morgan fingerprint density at radius 2 is 1.85 bits per heavy atom. The maximum Gasteiger partial charge on any atom is 0.286 e. The molecule has 2 heterocycles. The van der Waals surface area contributed by atoms with Crippen LogP contribution in [0.25, 0.3) is 0 Å². The predicted octanol–water partition coefficient (Wildman–Crippen LogP) is 2.66. The van der Waals surface area contributed by atoms with E-state index in [1.54, 1.807) is 18.2 Å². The van der Waals surface area contributed by atoms with Crippen LogP contribution in [0.15, 0.2) is 63.9 Å². The molecule has 4 rings (SSSR count). The van der Waals surface area contributed by atoms with Gasteiger partial charge in [-0.1, -0.05) is 42.5 Å². The number of nitrogens with one attached hydrogen (secondary N) is 1. The maximum atomic E-state index is 12.4. The van der Waals surface area contributed by atoms with E-state index < -0.39 is 10.0 Å². The van der Waals surface area contributed by atoms with Gasteiger partial charge in [0, 0.05) is 13.1 Å². The molecule has 2 aliphatic rings. The predicted molar refractivity (Wildman–Crippen MR) is 101 cm³/mol. The molecule has 1 N–H and O–H groups in total. The van der Waals surface area contributed by atoms with Crippen LogP contribution in [0.3, 0.4) is 0 Å². The Labute approximate surface area is 153 Å². The molecule has 2 aromatic rings. The zero-order chi connectivity index (χ0) is 18.1. The van der Waals surface area contributed by atoms with Crippen LogP contribution in [0, 0.1) is 0 Å². The lowest BCUT2D eigenvalue weighted by Crippen LogP contribution is -2.46. The summed E-state index contributed by atoms with van der Waals surface area (Å²) in [5.41, 5.74) is 1.71. The molecule has 0 aromatic heterocycles. The first-order chi connectivity index (χ1) is 12.5. The van der Waals surface area contributed by atoms with Gasteiger partial charge in [-0.3, -0.25) is 4.90 Å². The van der Waals surface area contributed by atoms with Crippen LogP contribution < -0.4 is 5.32 Å². The van der Waals surface area contributed by atoms with Gasteiger partial charge in [0.15, 0.2) is 0 Å². The highest BCUT2D eigenvalue weighted by Gasteiger charge is 2.30.